The Kier molecular flexibility index (Phi) is 7.49. The fraction of sp³-hybridized carbons (Fsp3) is 0.600. The van der Waals surface area contributed by atoms with Gasteiger partial charge >= 0.3 is 0 Å². The number of thioether (sulfide) groups is 1. The van der Waals surface area contributed by atoms with E-state index >= 15 is 0 Å². The average Bonchev–Trinajstić information content (AvgIpc) is 3.20. The third kappa shape index (κ3) is 5.08. The standard InChI is InChI=1S/C20H29N3O5S/c1-26-16-11-14(12-17(27-2)19(16)28-3)21-18(24)13-23-6-4-5-15(23)20(25)22-7-9-29-10-8-22/h11-12,15H,4-10,13H2,1-3H3,(H,21,24). The van der Waals surface area contributed by atoms with E-state index in [0.717, 1.165) is 44.0 Å². The van der Waals surface area contributed by atoms with E-state index in [4.69, 9.17) is 14.2 Å². The lowest BCUT2D eigenvalue weighted by atomic mass is 10.2. The topological polar surface area (TPSA) is 80.3 Å². The minimum atomic E-state index is -0.205. The lowest BCUT2D eigenvalue weighted by Gasteiger charge is -2.32. The first-order valence-corrected chi connectivity index (χ1v) is 10.9. The van der Waals surface area contributed by atoms with Crippen LogP contribution in [0.5, 0.6) is 17.2 Å². The number of amides is 2. The van der Waals surface area contributed by atoms with Gasteiger partial charge in [-0.3, -0.25) is 14.5 Å². The van der Waals surface area contributed by atoms with E-state index in [0.29, 0.717) is 22.9 Å². The van der Waals surface area contributed by atoms with E-state index in [1.54, 1.807) is 12.1 Å². The summed E-state index contributed by atoms with van der Waals surface area (Å²) in [6, 6.07) is 3.18. The molecule has 8 nitrogen and oxygen atoms in total. The normalized spacial score (nSPS) is 19.7. The van der Waals surface area contributed by atoms with Crippen LogP contribution in [0, 0.1) is 0 Å². The van der Waals surface area contributed by atoms with Crippen molar-refractivity contribution in [2.24, 2.45) is 0 Å². The van der Waals surface area contributed by atoms with Gasteiger partial charge in [0.15, 0.2) is 11.5 Å². The quantitative estimate of drug-likeness (QED) is 0.715. The maximum absolute atomic E-state index is 12.9. The second-order valence-corrected chi connectivity index (χ2v) is 8.25. The number of likely N-dealkylation sites (tertiary alicyclic amines) is 1. The first-order chi connectivity index (χ1) is 14.1. The van der Waals surface area contributed by atoms with E-state index in [9.17, 15) is 9.59 Å². The van der Waals surface area contributed by atoms with E-state index in [1.807, 2.05) is 21.6 Å². The Balaban J connectivity index is 1.64. The molecule has 1 aromatic carbocycles. The third-order valence-electron chi connectivity index (χ3n) is 5.27. The number of rotatable bonds is 7. The van der Waals surface area contributed by atoms with Crippen molar-refractivity contribution in [3.8, 4) is 17.2 Å². The summed E-state index contributed by atoms with van der Waals surface area (Å²) in [5.74, 6) is 3.37. The molecule has 0 aliphatic carbocycles. The molecule has 2 heterocycles. The predicted octanol–water partition coefficient (Wildman–Crippen LogP) is 1.69. The number of ether oxygens (including phenoxy) is 3. The minimum absolute atomic E-state index is 0.156. The van der Waals surface area contributed by atoms with E-state index in [1.165, 1.54) is 21.3 Å². The fourth-order valence-corrected chi connectivity index (χ4v) is 4.73. The van der Waals surface area contributed by atoms with Gasteiger partial charge in [-0.2, -0.15) is 11.8 Å². The zero-order chi connectivity index (χ0) is 20.8. The van der Waals surface area contributed by atoms with Crippen LogP contribution in [-0.4, -0.2) is 86.7 Å². The summed E-state index contributed by atoms with van der Waals surface area (Å²) in [6.07, 6.45) is 1.73. The zero-order valence-corrected chi connectivity index (χ0v) is 18.0. The van der Waals surface area contributed by atoms with Crippen LogP contribution >= 0.6 is 11.8 Å². The predicted molar refractivity (Wildman–Crippen MR) is 113 cm³/mol. The van der Waals surface area contributed by atoms with Gasteiger partial charge in [0.2, 0.25) is 17.6 Å². The number of carbonyl (C=O) groups excluding carboxylic acids is 2. The first kappa shape index (κ1) is 21.6. The SMILES string of the molecule is COc1cc(NC(=O)CN2CCCC2C(=O)N2CCSCC2)cc(OC)c1OC. The van der Waals surface area contributed by atoms with Gasteiger partial charge in [-0.25, -0.2) is 0 Å². The molecule has 2 aliphatic heterocycles. The van der Waals surface area contributed by atoms with E-state index in [-0.39, 0.29) is 24.4 Å². The minimum Gasteiger partial charge on any atom is -0.493 e. The number of carbonyl (C=O) groups is 2. The Morgan fingerprint density at radius 1 is 1.07 bits per heavy atom. The smallest absolute Gasteiger partial charge is 0.239 e. The van der Waals surface area contributed by atoms with E-state index < -0.39 is 0 Å². The molecule has 2 saturated heterocycles. The Labute approximate surface area is 175 Å². The van der Waals surface area contributed by atoms with Crippen molar-refractivity contribution in [3.63, 3.8) is 0 Å². The van der Waals surface area contributed by atoms with Crippen LogP contribution in [0.15, 0.2) is 12.1 Å². The van der Waals surface area contributed by atoms with Crippen molar-refractivity contribution < 1.29 is 23.8 Å². The summed E-state index contributed by atoms with van der Waals surface area (Å²) in [4.78, 5) is 29.5. The number of benzene rings is 1. The molecule has 0 bridgehead atoms. The van der Waals surface area contributed by atoms with E-state index in [2.05, 4.69) is 5.32 Å². The Morgan fingerprint density at radius 3 is 2.31 bits per heavy atom. The molecule has 1 unspecified atom stereocenters. The molecule has 2 amide bonds. The molecule has 0 saturated carbocycles. The van der Waals surface area contributed by atoms with Crippen LogP contribution in [0.25, 0.3) is 0 Å². The van der Waals surface area contributed by atoms with Crippen molar-refractivity contribution in [2.75, 3.05) is 64.3 Å². The highest BCUT2D eigenvalue weighted by atomic mass is 32.2. The highest BCUT2D eigenvalue weighted by molar-refractivity contribution is 7.99. The average molecular weight is 424 g/mol. The van der Waals surface area contributed by atoms with Gasteiger partial charge in [-0.05, 0) is 19.4 Å². The molecule has 3 rings (SSSR count). The summed E-state index contributed by atoms with van der Waals surface area (Å²) in [5.41, 5.74) is 0.555. The molecule has 1 aromatic rings. The summed E-state index contributed by atoms with van der Waals surface area (Å²) in [5, 5.41) is 2.88. The number of hydrogen-bond donors (Lipinski definition) is 1. The van der Waals surface area contributed by atoms with Crippen molar-refractivity contribution in [1.82, 2.24) is 9.80 Å². The molecule has 0 aromatic heterocycles. The lowest BCUT2D eigenvalue weighted by molar-refractivity contribution is -0.136. The number of anilines is 1. The fourth-order valence-electron chi connectivity index (χ4n) is 3.83. The Morgan fingerprint density at radius 2 is 1.72 bits per heavy atom. The first-order valence-electron chi connectivity index (χ1n) is 9.77. The Hall–Kier alpha value is -2.13. The van der Waals surface area contributed by atoms with Gasteiger partial charge in [0.1, 0.15) is 0 Å². The zero-order valence-electron chi connectivity index (χ0n) is 17.2. The molecule has 9 heteroatoms. The van der Waals surface area contributed by atoms with Gasteiger partial charge in [0, 0.05) is 42.4 Å². The van der Waals surface area contributed by atoms with Crippen molar-refractivity contribution in [2.45, 2.75) is 18.9 Å². The number of hydrogen-bond acceptors (Lipinski definition) is 7. The van der Waals surface area contributed by atoms with Crippen molar-refractivity contribution in [3.05, 3.63) is 12.1 Å². The van der Waals surface area contributed by atoms with Crippen molar-refractivity contribution >= 4 is 29.3 Å². The monoisotopic (exact) mass is 423 g/mol. The second-order valence-electron chi connectivity index (χ2n) is 7.03. The van der Waals surface area contributed by atoms with Gasteiger partial charge in [0.25, 0.3) is 0 Å². The number of nitrogens with one attached hydrogen (secondary N) is 1. The number of methoxy groups -OCH3 is 3. The maximum Gasteiger partial charge on any atom is 0.239 e. The van der Waals surface area contributed by atoms with Crippen LogP contribution in [-0.2, 0) is 9.59 Å². The van der Waals surface area contributed by atoms with Crippen LogP contribution in [0.3, 0.4) is 0 Å². The summed E-state index contributed by atoms with van der Waals surface area (Å²) in [7, 11) is 4.59. The van der Waals surface area contributed by atoms with Crippen molar-refractivity contribution in [1.29, 1.82) is 0 Å². The molecule has 2 aliphatic rings. The lowest BCUT2D eigenvalue weighted by Crippen LogP contribution is -2.49. The molecule has 1 N–H and O–H groups in total. The summed E-state index contributed by atoms with van der Waals surface area (Å²) < 4.78 is 16.0. The molecule has 29 heavy (non-hydrogen) atoms. The molecular formula is C20H29N3O5S. The number of nitrogens with zero attached hydrogens (tertiary/aromatic N) is 2. The Bertz CT molecular complexity index is 714. The summed E-state index contributed by atoms with van der Waals surface area (Å²) in [6.45, 7) is 2.52. The molecule has 1 atom stereocenters. The summed E-state index contributed by atoms with van der Waals surface area (Å²) >= 11 is 1.88. The largest absolute Gasteiger partial charge is 0.493 e. The highest BCUT2D eigenvalue weighted by Crippen LogP contribution is 2.39. The maximum atomic E-state index is 12.9. The van der Waals surface area contributed by atoms with Gasteiger partial charge < -0.3 is 24.4 Å². The molecule has 0 radical (unpaired) electrons. The van der Waals surface area contributed by atoms with Gasteiger partial charge in [-0.15, -0.1) is 0 Å². The molecule has 0 spiro atoms. The van der Waals surface area contributed by atoms with Crippen LogP contribution in [0.1, 0.15) is 12.8 Å². The van der Waals surface area contributed by atoms with Crippen LogP contribution in [0.4, 0.5) is 5.69 Å². The van der Waals surface area contributed by atoms with Gasteiger partial charge in [-0.1, -0.05) is 0 Å². The second kappa shape index (κ2) is 10.1. The van der Waals surface area contributed by atoms with Crippen LogP contribution in [0.2, 0.25) is 0 Å². The molecular weight excluding hydrogens is 394 g/mol. The molecule has 160 valence electrons. The van der Waals surface area contributed by atoms with Crippen LogP contribution < -0.4 is 19.5 Å². The highest BCUT2D eigenvalue weighted by Gasteiger charge is 2.35. The third-order valence-corrected chi connectivity index (χ3v) is 6.21. The molecule has 2 fully saturated rings. The van der Waals surface area contributed by atoms with Gasteiger partial charge in [0.05, 0.1) is 33.9 Å².